The molecule has 0 fully saturated rings. The van der Waals surface area contributed by atoms with Gasteiger partial charge in [-0.25, -0.2) is 0 Å². The van der Waals surface area contributed by atoms with E-state index in [1.807, 2.05) is 0 Å². The van der Waals surface area contributed by atoms with Crippen LogP contribution in [0.3, 0.4) is 0 Å². The third-order valence-corrected chi connectivity index (χ3v) is 3.71. The van der Waals surface area contributed by atoms with Gasteiger partial charge in [0.15, 0.2) is 0 Å². The minimum absolute atomic E-state index is 0.151. The number of imide groups is 1. The van der Waals surface area contributed by atoms with Crippen LogP contribution in [0.25, 0.3) is 0 Å². The van der Waals surface area contributed by atoms with Crippen molar-refractivity contribution in [1.82, 2.24) is 4.90 Å². The monoisotopic (exact) mass is 329 g/mol. The molecule has 0 saturated carbocycles. The molecular weight excluding hydrogens is 306 g/mol. The molecule has 1 aliphatic rings. The van der Waals surface area contributed by atoms with Gasteiger partial charge < -0.3 is 20.1 Å². The predicted molar refractivity (Wildman–Crippen MR) is 79.0 cm³/mol. The molecule has 23 heavy (non-hydrogen) atoms. The summed E-state index contributed by atoms with van der Waals surface area (Å²) in [6.45, 7) is -1.39. The van der Waals surface area contributed by atoms with Crippen molar-refractivity contribution in [1.29, 1.82) is 0 Å². The number of amides is 2. The number of unbranched alkanes of at least 4 members (excludes halogenated alkanes) is 2. The Balaban J connectivity index is 2.15. The molecule has 2 amide bonds. The Labute approximate surface area is 134 Å². The van der Waals surface area contributed by atoms with Crippen molar-refractivity contribution < 1.29 is 34.4 Å². The fourth-order valence-corrected chi connectivity index (χ4v) is 1.96. The number of carbonyl (C=O) groups excluding carboxylic acids is 3. The predicted octanol–water partition coefficient (Wildman–Crippen LogP) is -1.02. The fourth-order valence-electron chi connectivity index (χ4n) is 1.96. The second-order valence-corrected chi connectivity index (χ2v) is 5.61. The Morgan fingerprint density at radius 1 is 1.00 bits per heavy atom. The topological polar surface area (TPSA) is 124 Å². The summed E-state index contributed by atoms with van der Waals surface area (Å²) in [5, 5.41) is 27.3. The number of esters is 1. The Bertz CT molecular complexity index is 430. The highest BCUT2D eigenvalue weighted by Crippen LogP contribution is 2.16. The van der Waals surface area contributed by atoms with Crippen molar-refractivity contribution in [2.24, 2.45) is 5.41 Å². The van der Waals surface area contributed by atoms with Crippen LogP contribution in [0.15, 0.2) is 12.2 Å². The lowest BCUT2D eigenvalue weighted by atomic mass is 9.93. The molecule has 0 spiro atoms. The van der Waals surface area contributed by atoms with Gasteiger partial charge in [-0.05, 0) is 12.8 Å². The van der Waals surface area contributed by atoms with E-state index in [9.17, 15) is 14.4 Å². The van der Waals surface area contributed by atoms with E-state index in [0.29, 0.717) is 25.8 Å². The van der Waals surface area contributed by atoms with Gasteiger partial charge in [0.05, 0.1) is 25.2 Å². The van der Waals surface area contributed by atoms with E-state index in [1.165, 1.54) is 12.2 Å². The molecule has 3 N–H and O–H groups in total. The van der Waals surface area contributed by atoms with Crippen molar-refractivity contribution >= 4 is 17.8 Å². The second kappa shape index (κ2) is 9.39. The zero-order valence-corrected chi connectivity index (χ0v) is 12.9. The molecule has 8 heteroatoms. The van der Waals surface area contributed by atoms with Crippen LogP contribution in [0.2, 0.25) is 0 Å². The van der Waals surface area contributed by atoms with E-state index in [-0.39, 0.29) is 24.8 Å². The van der Waals surface area contributed by atoms with Gasteiger partial charge in [-0.2, -0.15) is 0 Å². The normalized spacial score (nSPS) is 14.7. The van der Waals surface area contributed by atoms with Crippen molar-refractivity contribution in [3.8, 4) is 0 Å². The molecule has 0 bridgehead atoms. The maximum Gasteiger partial charge on any atom is 0.305 e. The van der Waals surface area contributed by atoms with Crippen LogP contribution >= 0.6 is 0 Å². The van der Waals surface area contributed by atoms with Gasteiger partial charge in [0, 0.05) is 25.1 Å². The molecule has 1 aliphatic heterocycles. The van der Waals surface area contributed by atoms with E-state index in [4.69, 9.17) is 20.1 Å². The summed E-state index contributed by atoms with van der Waals surface area (Å²) < 4.78 is 4.95. The lowest BCUT2D eigenvalue weighted by Gasteiger charge is -2.26. The lowest BCUT2D eigenvalue weighted by molar-refractivity contribution is -0.151. The first-order chi connectivity index (χ1) is 11.0. The molecule has 1 rings (SSSR count). The van der Waals surface area contributed by atoms with E-state index in [1.54, 1.807) is 0 Å². The van der Waals surface area contributed by atoms with Gasteiger partial charge in [-0.15, -0.1) is 0 Å². The maximum absolute atomic E-state index is 11.6. The molecule has 130 valence electrons. The summed E-state index contributed by atoms with van der Waals surface area (Å²) in [4.78, 5) is 35.3. The number of nitrogens with zero attached hydrogens (tertiary/aromatic N) is 1. The Hall–Kier alpha value is -1.77. The van der Waals surface area contributed by atoms with Gasteiger partial charge in [0.25, 0.3) is 11.8 Å². The Morgan fingerprint density at radius 3 is 2.09 bits per heavy atom. The molecule has 0 atom stereocenters. The average Bonchev–Trinajstić information content (AvgIpc) is 2.88. The second-order valence-electron chi connectivity index (χ2n) is 5.61. The molecule has 0 aliphatic carbocycles. The number of hydrogen-bond donors (Lipinski definition) is 3. The zero-order chi connectivity index (χ0) is 17.3. The highest BCUT2D eigenvalue weighted by atomic mass is 16.5. The molecule has 1 heterocycles. The number of aliphatic hydroxyl groups excluding tert-OH is 3. The van der Waals surface area contributed by atoms with Crippen LogP contribution in [-0.4, -0.2) is 71.0 Å². The summed E-state index contributed by atoms with van der Waals surface area (Å²) in [5.74, 6) is -1.12. The largest absolute Gasteiger partial charge is 0.465 e. The van der Waals surface area contributed by atoms with Crippen LogP contribution in [0.1, 0.15) is 25.7 Å². The minimum atomic E-state index is -1.22. The van der Waals surface area contributed by atoms with Gasteiger partial charge >= 0.3 is 5.97 Å². The minimum Gasteiger partial charge on any atom is -0.465 e. The van der Waals surface area contributed by atoms with E-state index >= 15 is 0 Å². The Kier molecular flexibility index (Phi) is 7.87. The number of aliphatic hydroxyl groups is 3. The van der Waals surface area contributed by atoms with Crippen molar-refractivity contribution in [3.63, 3.8) is 0 Å². The number of carbonyl (C=O) groups is 3. The molecule has 0 radical (unpaired) electrons. The maximum atomic E-state index is 11.6. The third-order valence-electron chi connectivity index (χ3n) is 3.71. The van der Waals surface area contributed by atoms with Gasteiger partial charge in [-0.3, -0.25) is 19.3 Å². The van der Waals surface area contributed by atoms with Gasteiger partial charge in [0.2, 0.25) is 0 Å². The number of rotatable bonds is 11. The van der Waals surface area contributed by atoms with Crippen LogP contribution in [-0.2, 0) is 19.1 Å². The van der Waals surface area contributed by atoms with E-state index < -0.39 is 31.2 Å². The summed E-state index contributed by atoms with van der Waals surface area (Å²) in [7, 11) is 0. The van der Waals surface area contributed by atoms with Gasteiger partial charge in [0.1, 0.15) is 6.61 Å². The standard InChI is InChI=1S/C15H23NO7/c17-8-15(9-18,10-19)11-23-14(22)4-2-1-3-7-16-12(20)5-6-13(16)21/h5-6,17-19H,1-4,7-11H2. The highest BCUT2D eigenvalue weighted by molar-refractivity contribution is 6.12. The first kappa shape index (κ1) is 19.3. The quantitative estimate of drug-likeness (QED) is 0.252. The summed E-state index contributed by atoms with van der Waals surface area (Å²) in [5.41, 5.74) is -1.22. The SMILES string of the molecule is O=C(CCCCCN1C(=O)C=CC1=O)OCC(CO)(CO)CO. The average molecular weight is 329 g/mol. The van der Waals surface area contributed by atoms with Crippen molar-refractivity contribution in [3.05, 3.63) is 12.2 Å². The summed E-state index contributed by atoms with van der Waals surface area (Å²) in [6, 6.07) is 0. The summed E-state index contributed by atoms with van der Waals surface area (Å²) >= 11 is 0. The molecule has 0 aromatic rings. The number of hydrogen-bond acceptors (Lipinski definition) is 7. The third kappa shape index (κ3) is 5.74. The first-order valence-corrected chi connectivity index (χ1v) is 7.50. The molecule has 0 unspecified atom stereocenters. The molecule has 0 aromatic heterocycles. The van der Waals surface area contributed by atoms with E-state index in [0.717, 1.165) is 4.90 Å². The molecule has 8 nitrogen and oxygen atoms in total. The van der Waals surface area contributed by atoms with Crippen molar-refractivity contribution in [2.75, 3.05) is 33.0 Å². The van der Waals surface area contributed by atoms with E-state index in [2.05, 4.69) is 0 Å². The first-order valence-electron chi connectivity index (χ1n) is 7.50. The Morgan fingerprint density at radius 2 is 1.57 bits per heavy atom. The zero-order valence-electron chi connectivity index (χ0n) is 12.9. The van der Waals surface area contributed by atoms with Crippen LogP contribution < -0.4 is 0 Å². The molecule has 0 aromatic carbocycles. The number of ether oxygens (including phenoxy) is 1. The molecule has 0 saturated heterocycles. The van der Waals surface area contributed by atoms with Gasteiger partial charge in [-0.1, -0.05) is 6.42 Å². The smallest absolute Gasteiger partial charge is 0.305 e. The van der Waals surface area contributed by atoms with Crippen LogP contribution in [0, 0.1) is 5.41 Å². The lowest BCUT2D eigenvalue weighted by Crippen LogP contribution is -2.39. The highest BCUT2D eigenvalue weighted by Gasteiger charge is 2.30. The fraction of sp³-hybridized carbons (Fsp3) is 0.667. The van der Waals surface area contributed by atoms with Crippen LogP contribution in [0.4, 0.5) is 0 Å². The summed E-state index contributed by atoms with van der Waals surface area (Å²) in [6.07, 6.45) is 4.40. The molecular formula is C15H23NO7. The van der Waals surface area contributed by atoms with Crippen molar-refractivity contribution in [2.45, 2.75) is 25.7 Å². The van der Waals surface area contributed by atoms with Crippen LogP contribution in [0.5, 0.6) is 0 Å².